The van der Waals surface area contributed by atoms with Crippen LogP contribution in [0.1, 0.15) is 36.5 Å². The molecule has 0 spiro atoms. The largest absolute Gasteiger partial charge is 0.353 e. The molecule has 1 aromatic carbocycles. The number of aryl methyl sites for hydroxylation is 2. The third-order valence-corrected chi connectivity index (χ3v) is 9.55. The number of benzene rings is 1. The second-order valence-corrected chi connectivity index (χ2v) is 11.7. The number of hydrogen-bond acceptors (Lipinski definition) is 6. The zero-order valence-electron chi connectivity index (χ0n) is 18.3. The highest BCUT2D eigenvalue weighted by molar-refractivity contribution is 7.89. The summed E-state index contributed by atoms with van der Waals surface area (Å²) in [5.41, 5.74) is 1.39. The SMILES string of the molecule is CCc1nc(N2CCN(S(=O)(=O)c3ccc(F)cc3)CC2)c2c3c(sc2n1)CC(C)CC3. The fraction of sp³-hybridized carbons (Fsp3) is 0.478. The lowest BCUT2D eigenvalue weighted by Gasteiger charge is -2.35. The second kappa shape index (κ2) is 8.35. The molecule has 1 aliphatic heterocycles. The molecule has 3 heterocycles. The van der Waals surface area contributed by atoms with Crippen LogP contribution in [0.2, 0.25) is 0 Å². The molecule has 0 amide bonds. The first-order valence-corrected chi connectivity index (χ1v) is 13.4. The fourth-order valence-electron chi connectivity index (χ4n) is 4.65. The van der Waals surface area contributed by atoms with Crippen molar-refractivity contribution in [3.63, 3.8) is 0 Å². The first kappa shape index (κ1) is 21.7. The van der Waals surface area contributed by atoms with Crippen molar-refractivity contribution in [1.82, 2.24) is 14.3 Å². The number of anilines is 1. The summed E-state index contributed by atoms with van der Waals surface area (Å²) in [4.78, 5) is 14.6. The molecule has 9 heteroatoms. The lowest BCUT2D eigenvalue weighted by molar-refractivity contribution is 0.384. The third-order valence-electron chi connectivity index (χ3n) is 6.49. The van der Waals surface area contributed by atoms with E-state index in [1.807, 2.05) is 0 Å². The van der Waals surface area contributed by atoms with Crippen molar-refractivity contribution in [3.05, 3.63) is 46.3 Å². The highest BCUT2D eigenvalue weighted by Gasteiger charge is 2.31. The first-order chi connectivity index (χ1) is 15.4. The molecule has 170 valence electrons. The van der Waals surface area contributed by atoms with Gasteiger partial charge in [-0.15, -0.1) is 11.3 Å². The molecule has 32 heavy (non-hydrogen) atoms. The fourth-order valence-corrected chi connectivity index (χ4v) is 7.47. The quantitative estimate of drug-likeness (QED) is 0.571. The van der Waals surface area contributed by atoms with Crippen LogP contribution < -0.4 is 4.90 Å². The van der Waals surface area contributed by atoms with Crippen LogP contribution in [0.15, 0.2) is 29.2 Å². The average molecular weight is 475 g/mol. The number of halogens is 1. The zero-order chi connectivity index (χ0) is 22.5. The van der Waals surface area contributed by atoms with E-state index in [1.165, 1.54) is 50.8 Å². The van der Waals surface area contributed by atoms with E-state index in [-0.39, 0.29) is 4.90 Å². The van der Waals surface area contributed by atoms with Crippen molar-refractivity contribution in [2.75, 3.05) is 31.1 Å². The van der Waals surface area contributed by atoms with Gasteiger partial charge in [0.1, 0.15) is 22.3 Å². The maximum atomic E-state index is 13.2. The first-order valence-electron chi connectivity index (χ1n) is 11.2. The van der Waals surface area contributed by atoms with Gasteiger partial charge in [-0.05, 0) is 55.0 Å². The number of sulfonamides is 1. The van der Waals surface area contributed by atoms with E-state index in [0.717, 1.165) is 35.7 Å². The molecular weight excluding hydrogens is 447 g/mol. The topological polar surface area (TPSA) is 66.4 Å². The van der Waals surface area contributed by atoms with E-state index in [1.54, 1.807) is 11.3 Å². The molecule has 5 rings (SSSR count). The van der Waals surface area contributed by atoms with E-state index in [9.17, 15) is 12.8 Å². The molecule has 1 aliphatic carbocycles. The van der Waals surface area contributed by atoms with Crippen LogP contribution >= 0.6 is 11.3 Å². The van der Waals surface area contributed by atoms with E-state index in [2.05, 4.69) is 18.7 Å². The molecule has 1 unspecified atom stereocenters. The summed E-state index contributed by atoms with van der Waals surface area (Å²) in [7, 11) is -3.64. The number of aromatic nitrogens is 2. The number of thiophene rings is 1. The Balaban J connectivity index is 1.44. The molecule has 6 nitrogen and oxygen atoms in total. The summed E-state index contributed by atoms with van der Waals surface area (Å²) < 4.78 is 40.7. The van der Waals surface area contributed by atoms with Gasteiger partial charge in [0.2, 0.25) is 10.0 Å². The van der Waals surface area contributed by atoms with Gasteiger partial charge in [-0.2, -0.15) is 4.31 Å². The zero-order valence-corrected chi connectivity index (χ0v) is 20.0. The Bertz CT molecular complexity index is 1250. The second-order valence-electron chi connectivity index (χ2n) is 8.69. The normalized spacial score (nSPS) is 20.0. The third kappa shape index (κ3) is 3.80. The van der Waals surface area contributed by atoms with Gasteiger partial charge in [0.25, 0.3) is 0 Å². The van der Waals surface area contributed by atoms with E-state index in [4.69, 9.17) is 9.97 Å². The van der Waals surface area contributed by atoms with Gasteiger partial charge in [-0.25, -0.2) is 22.8 Å². The molecular formula is C23H27FN4O2S2. The smallest absolute Gasteiger partial charge is 0.243 e. The summed E-state index contributed by atoms with van der Waals surface area (Å²) in [6.45, 7) is 6.24. The van der Waals surface area contributed by atoms with Crippen LogP contribution in [-0.4, -0.2) is 48.9 Å². The minimum Gasteiger partial charge on any atom is -0.353 e. The van der Waals surface area contributed by atoms with Gasteiger partial charge in [0.15, 0.2) is 0 Å². The van der Waals surface area contributed by atoms with Crippen LogP contribution in [0.4, 0.5) is 10.2 Å². The Morgan fingerprint density at radius 2 is 1.84 bits per heavy atom. The molecule has 0 N–H and O–H groups in total. The Kier molecular flexibility index (Phi) is 5.67. The Morgan fingerprint density at radius 3 is 2.53 bits per heavy atom. The van der Waals surface area contributed by atoms with Crippen LogP contribution in [-0.2, 0) is 29.3 Å². The summed E-state index contributed by atoms with van der Waals surface area (Å²) in [6.07, 6.45) is 4.09. The summed E-state index contributed by atoms with van der Waals surface area (Å²) in [5.74, 6) is 2.04. The van der Waals surface area contributed by atoms with E-state index >= 15 is 0 Å². The maximum Gasteiger partial charge on any atom is 0.243 e. The van der Waals surface area contributed by atoms with Crippen molar-refractivity contribution in [2.45, 2.75) is 44.4 Å². The lowest BCUT2D eigenvalue weighted by Crippen LogP contribution is -2.49. The molecule has 1 fully saturated rings. The van der Waals surface area contributed by atoms with E-state index in [0.29, 0.717) is 32.1 Å². The van der Waals surface area contributed by atoms with Gasteiger partial charge in [-0.1, -0.05) is 13.8 Å². The van der Waals surface area contributed by atoms with Gasteiger partial charge in [0, 0.05) is 37.5 Å². The number of rotatable bonds is 4. The van der Waals surface area contributed by atoms with Crippen molar-refractivity contribution in [3.8, 4) is 0 Å². The minimum absolute atomic E-state index is 0.131. The average Bonchev–Trinajstić information content (AvgIpc) is 3.16. The molecule has 2 aliphatic rings. The maximum absolute atomic E-state index is 13.2. The number of hydrogen-bond donors (Lipinski definition) is 0. The Morgan fingerprint density at radius 1 is 1.12 bits per heavy atom. The van der Waals surface area contributed by atoms with Crippen molar-refractivity contribution >= 4 is 37.4 Å². The molecule has 1 atom stereocenters. The van der Waals surface area contributed by atoms with Crippen molar-refractivity contribution < 1.29 is 12.8 Å². The van der Waals surface area contributed by atoms with Crippen LogP contribution in [0, 0.1) is 11.7 Å². The molecule has 3 aromatic rings. The molecule has 2 aromatic heterocycles. The standard InChI is InChI=1S/C23H27FN4O2S2/c1-3-20-25-22(21-18-9-4-15(2)14-19(18)31-23(21)26-20)27-10-12-28(13-11-27)32(29,30)17-7-5-16(24)6-8-17/h5-8,15H,3-4,9-14H2,1-2H3. The molecule has 0 saturated carbocycles. The highest BCUT2D eigenvalue weighted by Crippen LogP contribution is 2.41. The van der Waals surface area contributed by atoms with Crippen LogP contribution in [0.5, 0.6) is 0 Å². The monoisotopic (exact) mass is 474 g/mol. The van der Waals surface area contributed by atoms with Crippen molar-refractivity contribution in [2.24, 2.45) is 5.92 Å². The summed E-state index contributed by atoms with van der Waals surface area (Å²) >= 11 is 1.80. The highest BCUT2D eigenvalue weighted by atomic mass is 32.2. The molecule has 1 saturated heterocycles. The summed E-state index contributed by atoms with van der Waals surface area (Å²) in [6, 6.07) is 5.04. The Hall–Kier alpha value is -2.10. The predicted molar refractivity (Wildman–Crippen MR) is 125 cm³/mol. The summed E-state index contributed by atoms with van der Waals surface area (Å²) in [5, 5.41) is 1.17. The lowest BCUT2D eigenvalue weighted by atomic mass is 9.89. The van der Waals surface area contributed by atoms with Gasteiger partial charge in [0.05, 0.1) is 10.3 Å². The number of fused-ring (bicyclic) bond motifs is 3. The van der Waals surface area contributed by atoms with Crippen LogP contribution in [0.3, 0.4) is 0 Å². The number of nitrogens with zero attached hydrogens (tertiary/aromatic N) is 4. The predicted octanol–water partition coefficient (Wildman–Crippen LogP) is 4.03. The minimum atomic E-state index is -3.64. The van der Waals surface area contributed by atoms with Crippen molar-refractivity contribution in [1.29, 1.82) is 0 Å². The van der Waals surface area contributed by atoms with Gasteiger partial charge < -0.3 is 4.90 Å². The van der Waals surface area contributed by atoms with Crippen LogP contribution in [0.25, 0.3) is 10.2 Å². The molecule has 0 bridgehead atoms. The van der Waals surface area contributed by atoms with Gasteiger partial charge >= 0.3 is 0 Å². The Labute approximate surface area is 192 Å². The van der Waals surface area contributed by atoms with Gasteiger partial charge in [-0.3, -0.25) is 0 Å². The van der Waals surface area contributed by atoms with E-state index < -0.39 is 15.8 Å². The number of piperazine rings is 1. The molecule has 0 radical (unpaired) electrons.